The molecule has 0 atom stereocenters. The van der Waals surface area contributed by atoms with E-state index in [0.717, 1.165) is 19.6 Å². The molecule has 0 unspecified atom stereocenters. The lowest BCUT2D eigenvalue weighted by molar-refractivity contribution is -0.116. The highest BCUT2D eigenvalue weighted by atomic mass is 16.1. The summed E-state index contributed by atoms with van der Waals surface area (Å²) in [7, 11) is 2.15. The minimum Gasteiger partial charge on any atom is -0.352 e. The number of hydrogen-bond acceptors (Lipinski definition) is 2. The second-order valence-electron chi connectivity index (χ2n) is 5.09. The highest BCUT2D eigenvalue weighted by molar-refractivity contribution is 5.87. The van der Waals surface area contributed by atoms with Crippen LogP contribution in [0.25, 0.3) is 0 Å². The SMILES string of the molecule is CC(C)/C=C/C(=O)NCC1CCN(C)CC1. The molecule has 0 aliphatic carbocycles. The molecule has 1 N–H and O–H groups in total. The van der Waals surface area contributed by atoms with E-state index in [1.165, 1.54) is 12.8 Å². The van der Waals surface area contributed by atoms with Gasteiger partial charge < -0.3 is 10.2 Å². The fraction of sp³-hybridized carbons (Fsp3) is 0.769. The fourth-order valence-corrected chi connectivity index (χ4v) is 1.85. The predicted octanol–water partition coefficient (Wildman–Crippen LogP) is 1.66. The Morgan fingerprint density at radius 1 is 1.44 bits per heavy atom. The number of carbonyl (C=O) groups excluding carboxylic acids is 1. The number of nitrogens with one attached hydrogen (secondary N) is 1. The molecule has 1 fully saturated rings. The monoisotopic (exact) mass is 224 g/mol. The minimum atomic E-state index is 0.0487. The molecule has 1 heterocycles. The number of piperidine rings is 1. The molecule has 0 aromatic heterocycles. The third-order valence-electron chi connectivity index (χ3n) is 3.04. The van der Waals surface area contributed by atoms with Gasteiger partial charge in [0.25, 0.3) is 0 Å². The number of amides is 1. The van der Waals surface area contributed by atoms with E-state index >= 15 is 0 Å². The van der Waals surface area contributed by atoms with E-state index in [1.807, 2.05) is 6.08 Å². The summed E-state index contributed by atoms with van der Waals surface area (Å²) < 4.78 is 0. The van der Waals surface area contributed by atoms with Gasteiger partial charge in [0.1, 0.15) is 0 Å². The first-order valence-electron chi connectivity index (χ1n) is 6.22. The number of rotatable bonds is 4. The quantitative estimate of drug-likeness (QED) is 0.737. The van der Waals surface area contributed by atoms with Gasteiger partial charge in [0, 0.05) is 6.54 Å². The van der Waals surface area contributed by atoms with Crippen molar-refractivity contribution < 1.29 is 4.79 Å². The maximum Gasteiger partial charge on any atom is 0.243 e. The topological polar surface area (TPSA) is 32.3 Å². The lowest BCUT2D eigenvalue weighted by Gasteiger charge is -2.28. The van der Waals surface area contributed by atoms with Crippen LogP contribution in [-0.4, -0.2) is 37.5 Å². The van der Waals surface area contributed by atoms with Gasteiger partial charge in [0.05, 0.1) is 0 Å². The first kappa shape index (κ1) is 13.2. The number of allylic oxidation sites excluding steroid dienone is 1. The summed E-state index contributed by atoms with van der Waals surface area (Å²) in [4.78, 5) is 13.8. The van der Waals surface area contributed by atoms with Crippen LogP contribution in [0, 0.1) is 11.8 Å². The van der Waals surface area contributed by atoms with E-state index < -0.39 is 0 Å². The maximum atomic E-state index is 11.4. The first-order chi connectivity index (χ1) is 7.58. The molecular weight excluding hydrogens is 200 g/mol. The maximum absolute atomic E-state index is 11.4. The zero-order valence-corrected chi connectivity index (χ0v) is 10.7. The van der Waals surface area contributed by atoms with Crippen LogP contribution in [0.4, 0.5) is 0 Å². The molecule has 0 saturated carbocycles. The zero-order chi connectivity index (χ0) is 12.0. The van der Waals surface area contributed by atoms with Crippen molar-refractivity contribution in [1.29, 1.82) is 0 Å². The molecule has 0 spiro atoms. The Hall–Kier alpha value is -0.830. The van der Waals surface area contributed by atoms with Gasteiger partial charge in [-0.1, -0.05) is 19.9 Å². The van der Waals surface area contributed by atoms with E-state index in [0.29, 0.717) is 11.8 Å². The Balaban J connectivity index is 2.17. The van der Waals surface area contributed by atoms with Gasteiger partial charge in [-0.3, -0.25) is 4.79 Å². The third kappa shape index (κ3) is 5.31. The van der Waals surface area contributed by atoms with Crippen LogP contribution in [0.15, 0.2) is 12.2 Å². The van der Waals surface area contributed by atoms with Crippen LogP contribution in [0.1, 0.15) is 26.7 Å². The Morgan fingerprint density at radius 3 is 2.62 bits per heavy atom. The van der Waals surface area contributed by atoms with Crippen molar-refractivity contribution in [2.75, 3.05) is 26.7 Å². The molecule has 0 aromatic rings. The summed E-state index contributed by atoms with van der Waals surface area (Å²) in [6, 6.07) is 0. The molecule has 0 radical (unpaired) electrons. The van der Waals surface area contributed by atoms with Gasteiger partial charge in [-0.15, -0.1) is 0 Å². The molecule has 1 aliphatic heterocycles. The van der Waals surface area contributed by atoms with Crippen LogP contribution in [-0.2, 0) is 4.79 Å². The molecule has 1 saturated heterocycles. The molecule has 0 bridgehead atoms. The second kappa shape index (κ2) is 6.69. The highest BCUT2D eigenvalue weighted by Gasteiger charge is 2.16. The van der Waals surface area contributed by atoms with Gasteiger partial charge in [-0.2, -0.15) is 0 Å². The minimum absolute atomic E-state index is 0.0487. The third-order valence-corrected chi connectivity index (χ3v) is 3.04. The van der Waals surface area contributed by atoms with Crippen molar-refractivity contribution in [1.82, 2.24) is 10.2 Å². The Labute approximate surface area is 98.9 Å². The summed E-state index contributed by atoms with van der Waals surface area (Å²) in [5, 5.41) is 2.98. The summed E-state index contributed by atoms with van der Waals surface area (Å²) in [6.45, 7) is 7.28. The summed E-state index contributed by atoms with van der Waals surface area (Å²) in [5.74, 6) is 1.15. The lowest BCUT2D eigenvalue weighted by atomic mass is 9.97. The van der Waals surface area contributed by atoms with Crippen LogP contribution < -0.4 is 5.32 Å². The number of hydrogen-bond donors (Lipinski definition) is 1. The van der Waals surface area contributed by atoms with E-state index in [-0.39, 0.29) is 5.91 Å². The number of nitrogens with zero attached hydrogens (tertiary/aromatic N) is 1. The van der Waals surface area contributed by atoms with Crippen molar-refractivity contribution >= 4 is 5.91 Å². The fourth-order valence-electron chi connectivity index (χ4n) is 1.85. The second-order valence-corrected chi connectivity index (χ2v) is 5.09. The normalized spacial score (nSPS) is 19.5. The highest BCUT2D eigenvalue weighted by Crippen LogP contribution is 2.14. The molecule has 3 heteroatoms. The smallest absolute Gasteiger partial charge is 0.243 e. The molecule has 3 nitrogen and oxygen atoms in total. The Morgan fingerprint density at radius 2 is 2.06 bits per heavy atom. The summed E-state index contributed by atoms with van der Waals surface area (Å²) in [5.41, 5.74) is 0. The van der Waals surface area contributed by atoms with E-state index in [4.69, 9.17) is 0 Å². The van der Waals surface area contributed by atoms with Crippen molar-refractivity contribution in [3.05, 3.63) is 12.2 Å². The van der Waals surface area contributed by atoms with Crippen LogP contribution in [0.2, 0.25) is 0 Å². The molecule has 1 aliphatic rings. The van der Waals surface area contributed by atoms with Crippen molar-refractivity contribution in [3.8, 4) is 0 Å². The lowest BCUT2D eigenvalue weighted by Crippen LogP contribution is -2.36. The molecular formula is C13H24N2O. The predicted molar refractivity (Wildman–Crippen MR) is 67.2 cm³/mol. The number of carbonyl (C=O) groups is 1. The van der Waals surface area contributed by atoms with Gasteiger partial charge in [0.2, 0.25) is 5.91 Å². The molecule has 1 rings (SSSR count). The van der Waals surface area contributed by atoms with E-state index in [9.17, 15) is 4.79 Å². The van der Waals surface area contributed by atoms with E-state index in [2.05, 4.69) is 31.1 Å². The van der Waals surface area contributed by atoms with Crippen molar-refractivity contribution in [2.24, 2.45) is 11.8 Å². The standard InChI is InChI=1S/C13H24N2O/c1-11(2)4-5-13(16)14-10-12-6-8-15(3)9-7-12/h4-5,11-12H,6-10H2,1-3H3,(H,14,16)/b5-4+. The average molecular weight is 224 g/mol. The van der Waals surface area contributed by atoms with Crippen LogP contribution in [0.3, 0.4) is 0 Å². The molecule has 1 amide bonds. The molecule has 16 heavy (non-hydrogen) atoms. The largest absolute Gasteiger partial charge is 0.352 e. The van der Waals surface area contributed by atoms with Crippen molar-refractivity contribution in [3.63, 3.8) is 0 Å². The van der Waals surface area contributed by atoms with Crippen LogP contribution >= 0.6 is 0 Å². The zero-order valence-electron chi connectivity index (χ0n) is 10.7. The Bertz CT molecular complexity index is 240. The molecule has 92 valence electrons. The van der Waals surface area contributed by atoms with Gasteiger partial charge in [-0.05, 0) is 50.9 Å². The Kier molecular flexibility index (Phi) is 5.53. The summed E-state index contributed by atoms with van der Waals surface area (Å²) >= 11 is 0. The van der Waals surface area contributed by atoms with E-state index in [1.54, 1.807) is 6.08 Å². The average Bonchev–Trinajstić information content (AvgIpc) is 2.25. The van der Waals surface area contributed by atoms with Crippen LogP contribution in [0.5, 0.6) is 0 Å². The summed E-state index contributed by atoms with van der Waals surface area (Å²) in [6.07, 6.45) is 5.99. The van der Waals surface area contributed by atoms with Gasteiger partial charge >= 0.3 is 0 Å². The molecule has 0 aromatic carbocycles. The van der Waals surface area contributed by atoms with Gasteiger partial charge in [0.15, 0.2) is 0 Å². The number of likely N-dealkylation sites (tertiary alicyclic amines) is 1. The van der Waals surface area contributed by atoms with Crippen molar-refractivity contribution in [2.45, 2.75) is 26.7 Å². The first-order valence-corrected chi connectivity index (χ1v) is 6.22. The van der Waals surface area contributed by atoms with Gasteiger partial charge in [-0.25, -0.2) is 0 Å².